The Hall–Kier alpha value is -2.14. The fraction of sp³-hybridized carbons (Fsp3) is 0.0667. The van der Waals surface area contributed by atoms with Gasteiger partial charge in [0.05, 0.1) is 5.69 Å². The molecule has 0 heterocycles. The number of aliphatic carboxylic acids is 1. The van der Waals surface area contributed by atoms with Crippen LogP contribution < -0.4 is 4.74 Å². The molecule has 2 rings (SSSR count). The third-order valence-corrected chi connectivity index (χ3v) is 2.98. The van der Waals surface area contributed by atoms with Crippen LogP contribution in [0.15, 0.2) is 58.0 Å². The van der Waals surface area contributed by atoms with Gasteiger partial charge in [0.2, 0.25) is 0 Å². The molecule has 0 saturated carbocycles. The molecule has 2 aromatic rings. The average Bonchev–Trinajstić information content (AvgIpc) is 2.45. The molecule has 2 aromatic carbocycles. The number of aliphatic imine (C=N–C) groups is 1. The van der Waals surface area contributed by atoms with Gasteiger partial charge in [0.25, 0.3) is 0 Å². The molecule has 0 spiro atoms. The first kappa shape index (κ1) is 14.3. The zero-order valence-corrected chi connectivity index (χ0v) is 12.1. The predicted octanol–water partition coefficient (Wildman–Crippen LogP) is 3.66. The Kier molecular flexibility index (Phi) is 4.90. The number of carboxylic acid groups (broad SMARTS) is 1. The van der Waals surface area contributed by atoms with Gasteiger partial charge < -0.3 is 9.84 Å². The van der Waals surface area contributed by atoms with Crippen molar-refractivity contribution in [1.29, 1.82) is 0 Å². The summed E-state index contributed by atoms with van der Waals surface area (Å²) < 4.78 is 6.20. The minimum atomic E-state index is -1.01. The highest BCUT2D eigenvalue weighted by Crippen LogP contribution is 2.19. The second kappa shape index (κ2) is 6.86. The molecule has 0 aliphatic carbocycles. The van der Waals surface area contributed by atoms with Crippen LogP contribution in [0, 0.1) is 0 Å². The van der Waals surface area contributed by atoms with Gasteiger partial charge in [0.15, 0.2) is 6.61 Å². The van der Waals surface area contributed by atoms with Crippen LogP contribution in [0.5, 0.6) is 5.75 Å². The quantitative estimate of drug-likeness (QED) is 0.849. The second-order valence-corrected chi connectivity index (χ2v) is 4.87. The van der Waals surface area contributed by atoms with E-state index in [0.29, 0.717) is 5.75 Å². The Morgan fingerprint density at radius 3 is 2.60 bits per heavy atom. The first-order chi connectivity index (χ1) is 9.65. The van der Waals surface area contributed by atoms with Gasteiger partial charge >= 0.3 is 5.97 Å². The third kappa shape index (κ3) is 4.20. The summed E-state index contributed by atoms with van der Waals surface area (Å²) in [5.41, 5.74) is 1.54. The molecule has 0 fully saturated rings. The highest BCUT2D eigenvalue weighted by molar-refractivity contribution is 9.10. The summed E-state index contributed by atoms with van der Waals surface area (Å²) in [6.45, 7) is -0.372. The molecule has 0 unspecified atom stereocenters. The predicted molar refractivity (Wildman–Crippen MR) is 81.0 cm³/mol. The van der Waals surface area contributed by atoms with Gasteiger partial charge in [-0.3, -0.25) is 4.99 Å². The molecule has 1 N–H and O–H groups in total. The van der Waals surface area contributed by atoms with Crippen LogP contribution in [0.25, 0.3) is 0 Å². The van der Waals surface area contributed by atoms with Crippen molar-refractivity contribution in [2.75, 3.05) is 6.61 Å². The van der Waals surface area contributed by atoms with Crippen LogP contribution in [0.1, 0.15) is 5.56 Å². The second-order valence-electron chi connectivity index (χ2n) is 3.95. The van der Waals surface area contributed by atoms with E-state index in [1.807, 2.05) is 36.4 Å². The minimum Gasteiger partial charge on any atom is -0.481 e. The molecule has 0 radical (unpaired) electrons. The molecular weight excluding hydrogens is 322 g/mol. The summed E-state index contributed by atoms with van der Waals surface area (Å²) in [7, 11) is 0. The molecule has 4 nitrogen and oxygen atoms in total. The third-order valence-electron chi connectivity index (χ3n) is 2.45. The fourth-order valence-electron chi connectivity index (χ4n) is 1.53. The average molecular weight is 334 g/mol. The Labute approximate surface area is 124 Å². The van der Waals surface area contributed by atoms with Crippen LogP contribution in [0.3, 0.4) is 0 Å². The van der Waals surface area contributed by atoms with E-state index in [4.69, 9.17) is 9.84 Å². The van der Waals surface area contributed by atoms with Crippen molar-refractivity contribution >= 4 is 33.8 Å². The SMILES string of the molecule is O=C(O)COc1ccccc1C=Nc1ccc(Br)cc1. The van der Waals surface area contributed by atoms with Gasteiger partial charge in [-0.1, -0.05) is 28.1 Å². The Morgan fingerprint density at radius 1 is 1.20 bits per heavy atom. The molecule has 0 saturated heterocycles. The van der Waals surface area contributed by atoms with E-state index in [0.717, 1.165) is 15.7 Å². The largest absolute Gasteiger partial charge is 0.481 e. The number of para-hydroxylation sites is 1. The number of hydrogen-bond donors (Lipinski definition) is 1. The van der Waals surface area contributed by atoms with Crippen molar-refractivity contribution in [2.24, 2.45) is 4.99 Å². The van der Waals surface area contributed by atoms with Gasteiger partial charge in [0.1, 0.15) is 5.75 Å². The zero-order chi connectivity index (χ0) is 14.4. The minimum absolute atomic E-state index is 0.372. The molecule has 0 aliphatic rings. The van der Waals surface area contributed by atoms with Crippen LogP contribution >= 0.6 is 15.9 Å². The summed E-state index contributed by atoms with van der Waals surface area (Å²) >= 11 is 3.36. The highest BCUT2D eigenvalue weighted by atomic mass is 79.9. The van der Waals surface area contributed by atoms with E-state index in [1.54, 1.807) is 18.3 Å². The number of halogens is 1. The standard InChI is InChI=1S/C15H12BrNO3/c16-12-5-7-13(8-6-12)17-9-11-3-1-2-4-14(11)20-10-15(18)19/h1-9H,10H2,(H,18,19). The molecular formula is C15H12BrNO3. The molecule has 0 atom stereocenters. The van der Waals surface area contributed by atoms with Crippen molar-refractivity contribution < 1.29 is 14.6 Å². The number of carbonyl (C=O) groups is 1. The summed E-state index contributed by atoms with van der Waals surface area (Å²) in [5.74, 6) is -0.514. The maximum atomic E-state index is 10.5. The Balaban J connectivity index is 2.16. The van der Waals surface area contributed by atoms with Gasteiger partial charge in [-0.05, 0) is 36.4 Å². The number of hydrogen-bond acceptors (Lipinski definition) is 3. The molecule has 5 heteroatoms. The normalized spacial score (nSPS) is 10.7. The van der Waals surface area contributed by atoms with Gasteiger partial charge in [-0.2, -0.15) is 0 Å². The monoisotopic (exact) mass is 333 g/mol. The van der Waals surface area contributed by atoms with Gasteiger partial charge in [-0.15, -0.1) is 0 Å². The molecule has 0 amide bonds. The van der Waals surface area contributed by atoms with Gasteiger partial charge in [-0.25, -0.2) is 4.79 Å². The molecule has 0 bridgehead atoms. The number of carboxylic acids is 1. The van der Waals surface area contributed by atoms with Crippen LogP contribution in [0.4, 0.5) is 5.69 Å². The van der Waals surface area contributed by atoms with E-state index in [2.05, 4.69) is 20.9 Å². The van der Waals surface area contributed by atoms with E-state index in [1.165, 1.54) is 0 Å². The van der Waals surface area contributed by atoms with E-state index in [-0.39, 0.29) is 6.61 Å². The highest BCUT2D eigenvalue weighted by Gasteiger charge is 2.03. The van der Waals surface area contributed by atoms with Crippen LogP contribution in [-0.4, -0.2) is 23.9 Å². The summed E-state index contributed by atoms with van der Waals surface area (Å²) in [6, 6.07) is 14.7. The maximum absolute atomic E-state index is 10.5. The molecule has 0 aromatic heterocycles. The summed E-state index contributed by atoms with van der Waals surface area (Å²) in [6.07, 6.45) is 1.65. The lowest BCUT2D eigenvalue weighted by Gasteiger charge is -2.06. The lowest BCUT2D eigenvalue weighted by Crippen LogP contribution is -2.10. The molecule has 0 aliphatic heterocycles. The number of rotatable bonds is 5. The first-order valence-corrected chi connectivity index (χ1v) is 6.68. The Bertz CT molecular complexity index is 623. The Morgan fingerprint density at radius 2 is 1.90 bits per heavy atom. The van der Waals surface area contributed by atoms with E-state index >= 15 is 0 Å². The summed E-state index contributed by atoms with van der Waals surface area (Å²) in [4.78, 5) is 14.9. The van der Waals surface area contributed by atoms with E-state index < -0.39 is 5.97 Å². The smallest absolute Gasteiger partial charge is 0.341 e. The fourth-order valence-corrected chi connectivity index (χ4v) is 1.79. The summed E-state index contributed by atoms with van der Waals surface area (Å²) in [5, 5.41) is 8.64. The van der Waals surface area contributed by atoms with Crippen LogP contribution in [-0.2, 0) is 4.79 Å². The number of benzene rings is 2. The van der Waals surface area contributed by atoms with Crippen LogP contribution in [0.2, 0.25) is 0 Å². The maximum Gasteiger partial charge on any atom is 0.341 e. The van der Waals surface area contributed by atoms with Crippen molar-refractivity contribution in [2.45, 2.75) is 0 Å². The lowest BCUT2D eigenvalue weighted by molar-refractivity contribution is -0.139. The number of nitrogens with zero attached hydrogens (tertiary/aromatic N) is 1. The van der Waals surface area contributed by atoms with Crippen molar-refractivity contribution in [3.05, 3.63) is 58.6 Å². The van der Waals surface area contributed by atoms with E-state index in [9.17, 15) is 4.79 Å². The lowest BCUT2D eigenvalue weighted by atomic mass is 10.2. The molecule has 20 heavy (non-hydrogen) atoms. The van der Waals surface area contributed by atoms with Gasteiger partial charge in [0, 0.05) is 16.3 Å². The van der Waals surface area contributed by atoms with Crippen molar-refractivity contribution in [1.82, 2.24) is 0 Å². The zero-order valence-electron chi connectivity index (χ0n) is 10.5. The topological polar surface area (TPSA) is 58.9 Å². The van der Waals surface area contributed by atoms with Crippen molar-refractivity contribution in [3.8, 4) is 5.75 Å². The van der Waals surface area contributed by atoms with Crippen molar-refractivity contribution in [3.63, 3.8) is 0 Å². The molecule has 102 valence electrons. The number of ether oxygens (including phenoxy) is 1. The first-order valence-electron chi connectivity index (χ1n) is 5.88.